The molecule has 1 fully saturated rings. The summed E-state index contributed by atoms with van der Waals surface area (Å²) >= 11 is 0. The fourth-order valence-electron chi connectivity index (χ4n) is 3.33. The molecule has 0 unspecified atom stereocenters. The van der Waals surface area contributed by atoms with E-state index in [-0.39, 0.29) is 6.61 Å². The van der Waals surface area contributed by atoms with E-state index in [1.54, 1.807) is 0 Å². The van der Waals surface area contributed by atoms with E-state index in [2.05, 4.69) is 6.58 Å². The van der Waals surface area contributed by atoms with E-state index in [4.69, 9.17) is 23.7 Å². The first-order chi connectivity index (χ1) is 14.3. The molecule has 0 aromatic heterocycles. The van der Waals surface area contributed by atoms with Gasteiger partial charge in [0.05, 0.1) is 6.61 Å². The second-order valence-corrected chi connectivity index (χ2v) is 7.42. The summed E-state index contributed by atoms with van der Waals surface area (Å²) < 4.78 is 27.2. The first-order valence-electron chi connectivity index (χ1n) is 10.7. The lowest BCUT2D eigenvalue weighted by atomic mass is 10.0. The number of carbonyl (C=O) groups is 3. The normalized spacial score (nSPS) is 23.4. The van der Waals surface area contributed by atoms with Gasteiger partial charge in [0.2, 0.25) is 0 Å². The minimum Gasteiger partial charge on any atom is -0.456 e. The van der Waals surface area contributed by atoms with Gasteiger partial charge in [-0.25, -0.2) is 0 Å². The minimum atomic E-state index is -1.02. The molecule has 0 aromatic rings. The number of unbranched alkanes of at least 4 members (excludes halogenated alkanes) is 7. The maximum absolute atomic E-state index is 11.6. The van der Waals surface area contributed by atoms with Crippen LogP contribution in [-0.2, 0) is 38.1 Å². The van der Waals surface area contributed by atoms with E-state index in [0.29, 0.717) is 6.61 Å². The quantitative estimate of drug-likeness (QED) is 0.180. The lowest BCUT2D eigenvalue weighted by Crippen LogP contribution is -2.58. The van der Waals surface area contributed by atoms with Crippen molar-refractivity contribution in [2.24, 2.45) is 0 Å². The Balaban J connectivity index is 2.50. The maximum atomic E-state index is 11.6. The molecule has 0 aromatic carbocycles. The van der Waals surface area contributed by atoms with Crippen molar-refractivity contribution in [3.63, 3.8) is 0 Å². The van der Waals surface area contributed by atoms with Gasteiger partial charge in [0, 0.05) is 27.4 Å². The van der Waals surface area contributed by atoms with E-state index >= 15 is 0 Å². The van der Waals surface area contributed by atoms with Crippen molar-refractivity contribution in [1.29, 1.82) is 0 Å². The van der Waals surface area contributed by atoms with E-state index in [1.807, 2.05) is 6.08 Å². The molecule has 1 aliphatic heterocycles. The molecule has 8 heteroatoms. The summed E-state index contributed by atoms with van der Waals surface area (Å²) in [5, 5.41) is 0. The van der Waals surface area contributed by atoms with Gasteiger partial charge in [-0.1, -0.05) is 38.2 Å². The van der Waals surface area contributed by atoms with Crippen LogP contribution in [0.1, 0.15) is 72.1 Å². The first kappa shape index (κ1) is 26.1. The van der Waals surface area contributed by atoms with E-state index < -0.39 is 42.5 Å². The molecule has 4 atom stereocenters. The number of ether oxygens (including phenoxy) is 5. The van der Waals surface area contributed by atoms with Crippen molar-refractivity contribution >= 4 is 17.9 Å². The summed E-state index contributed by atoms with van der Waals surface area (Å²) in [6, 6.07) is 0. The van der Waals surface area contributed by atoms with Gasteiger partial charge in [0.15, 0.2) is 24.6 Å². The summed E-state index contributed by atoms with van der Waals surface area (Å²) in [5.41, 5.74) is 0. The highest BCUT2D eigenvalue weighted by atomic mass is 16.7. The minimum absolute atomic E-state index is 0.0231. The Hall–Kier alpha value is -1.93. The predicted molar refractivity (Wildman–Crippen MR) is 109 cm³/mol. The van der Waals surface area contributed by atoms with Gasteiger partial charge < -0.3 is 23.7 Å². The van der Waals surface area contributed by atoms with Gasteiger partial charge in [-0.05, 0) is 19.3 Å². The number of allylic oxidation sites excluding steroid dienone is 1. The van der Waals surface area contributed by atoms with Crippen LogP contribution < -0.4 is 0 Å². The maximum Gasteiger partial charge on any atom is 0.303 e. The molecule has 1 saturated heterocycles. The van der Waals surface area contributed by atoms with Crippen LogP contribution in [0.4, 0.5) is 0 Å². The Morgan fingerprint density at radius 1 is 0.833 bits per heavy atom. The summed E-state index contributed by atoms with van der Waals surface area (Å²) in [7, 11) is 0. The monoisotopic (exact) mass is 428 g/mol. The lowest BCUT2D eigenvalue weighted by Gasteiger charge is -2.40. The Kier molecular flexibility index (Phi) is 13.0. The van der Waals surface area contributed by atoms with E-state index in [1.165, 1.54) is 46.5 Å². The van der Waals surface area contributed by atoms with Crippen LogP contribution in [0.15, 0.2) is 12.7 Å². The fourth-order valence-corrected chi connectivity index (χ4v) is 3.33. The second-order valence-electron chi connectivity index (χ2n) is 7.42. The fraction of sp³-hybridized carbons (Fsp3) is 0.773. The number of hydrogen-bond acceptors (Lipinski definition) is 8. The van der Waals surface area contributed by atoms with Gasteiger partial charge in [-0.2, -0.15) is 0 Å². The Labute approximate surface area is 179 Å². The van der Waals surface area contributed by atoms with Crippen molar-refractivity contribution in [1.82, 2.24) is 0 Å². The van der Waals surface area contributed by atoms with Gasteiger partial charge in [-0.3, -0.25) is 14.4 Å². The third kappa shape index (κ3) is 10.7. The standard InChI is InChI=1S/C22H36O8/c1-5-6-7-8-9-10-11-12-13-14-26-22-21(30-18(4)25)20(29-17(3)24)19(15-27-22)28-16(2)23/h5,19-22H,1,6-15H2,2-4H3/t19-,20+,21-,22-/m1/s1. The molecule has 0 saturated carbocycles. The molecule has 30 heavy (non-hydrogen) atoms. The highest BCUT2D eigenvalue weighted by molar-refractivity contribution is 5.68. The van der Waals surface area contributed by atoms with Crippen LogP contribution >= 0.6 is 0 Å². The molecule has 0 radical (unpaired) electrons. The summed E-state index contributed by atoms with van der Waals surface area (Å²) in [6.45, 7) is 7.84. The molecule has 0 spiro atoms. The molecule has 1 heterocycles. The summed E-state index contributed by atoms with van der Waals surface area (Å²) in [4.78, 5) is 34.5. The van der Waals surface area contributed by atoms with Crippen LogP contribution in [0.25, 0.3) is 0 Å². The number of carbonyl (C=O) groups excluding carboxylic acids is 3. The van der Waals surface area contributed by atoms with Crippen LogP contribution in [0.3, 0.4) is 0 Å². The zero-order valence-electron chi connectivity index (χ0n) is 18.4. The molecule has 0 bridgehead atoms. The topological polar surface area (TPSA) is 97.4 Å². The molecule has 172 valence electrons. The molecule has 0 N–H and O–H groups in total. The van der Waals surface area contributed by atoms with Crippen molar-refractivity contribution in [2.45, 2.75) is 96.7 Å². The van der Waals surface area contributed by atoms with Crippen molar-refractivity contribution in [3.8, 4) is 0 Å². The van der Waals surface area contributed by atoms with Gasteiger partial charge >= 0.3 is 17.9 Å². The first-order valence-corrected chi connectivity index (χ1v) is 10.7. The lowest BCUT2D eigenvalue weighted by molar-refractivity contribution is -0.281. The van der Waals surface area contributed by atoms with Crippen LogP contribution in [-0.4, -0.2) is 55.7 Å². The van der Waals surface area contributed by atoms with Crippen molar-refractivity contribution in [3.05, 3.63) is 12.7 Å². The Morgan fingerprint density at radius 3 is 1.93 bits per heavy atom. The van der Waals surface area contributed by atoms with Gasteiger partial charge in [0.1, 0.15) is 0 Å². The third-order valence-electron chi connectivity index (χ3n) is 4.64. The Bertz CT molecular complexity index is 547. The third-order valence-corrected chi connectivity index (χ3v) is 4.64. The van der Waals surface area contributed by atoms with Crippen LogP contribution in [0.5, 0.6) is 0 Å². The Morgan fingerprint density at radius 2 is 1.37 bits per heavy atom. The van der Waals surface area contributed by atoms with Crippen LogP contribution in [0, 0.1) is 0 Å². The molecule has 8 nitrogen and oxygen atoms in total. The van der Waals surface area contributed by atoms with E-state index in [9.17, 15) is 14.4 Å². The molecular weight excluding hydrogens is 392 g/mol. The number of hydrogen-bond donors (Lipinski definition) is 0. The zero-order valence-corrected chi connectivity index (χ0v) is 18.4. The summed E-state index contributed by atoms with van der Waals surface area (Å²) in [6.07, 6.45) is 7.05. The van der Waals surface area contributed by atoms with Crippen molar-refractivity contribution in [2.75, 3.05) is 13.2 Å². The average Bonchev–Trinajstić information content (AvgIpc) is 2.66. The molecular formula is C22H36O8. The van der Waals surface area contributed by atoms with E-state index in [0.717, 1.165) is 25.7 Å². The van der Waals surface area contributed by atoms with Crippen molar-refractivity contribution < 1.29 is 38.1 Å². The number of esters is 3. The van der Waals surface area contributed by atoms with Crippen LogP contribution in [0.2, 0.25) is 0 Å². The zero-order chi connectivity index (χ0) is 22.4. The molecule has 0 aliphatic carbocycles. The second kappa shape index (κ2) is 15.0. The highest BCUT2D eigenvalue weighted by Gasteiger charge is 2.47. The molecule has 0 amide bonds. The smallest absolute Gasteiger partial charge is 0.303 e. The average molecular weight is 429 g/mol. The largest absolute Gasteiger partial charge is 0.456 e. The number of rotatable bonds is 14. The SMILES string of the molecule is C=CCCCCCCCCCO[C@@H]1OC[C@@H](OC(C)=O)[C@H](OC(C)=O)[C@H]1OC(C)=O. The van der Waals surface area contributed by atoms with Gasteiger partial charge in [0.25, 0.3) is 0 Å². The summed E-state index contributed by atoms with van der Waals surface area (Å²) in [5.74, 6) is -1.71. The predicted octanol–water partition coefficient (Wildman–Crippen LogP) is 3.46. The molecule has 1 aliphatic rings. The highest BCUT2D eigenvalue weighted by Crippen LogP contribution is 2.25. The van der Waals surface area contributed by atoms with Gasteiger partial charge in [-0.15, -0.1) is 6.58 Å². The molecule has 1 rings (SSSR count).